The van der Waals surface area contributed by atoms with Gasteiger partial charge in [-0.2, -0.15) is 0 Å². The summed E-state index contributed by atoms with van der Waals surface area (Å²) in [4.78, 5) is 11.8. The summed E-state index contributed by atoms with van der Waals surface area (Å²) in [5, 5.41) is 10.8. The van der Waals surface area contributed by atoms with Gasteiger partial charge in [0.25, 0.3) is 0 Å². The summed E-state index contributed by atoms with van der Waals surface area (Å²) >= 11 is 0. The molecule has 1 aromatic carbocycles. The van der Waals surface area contributed by atoms with Crippen LogP contribution in [0.2, 0.25) is 0 Å². The molecule has 7 nitrogen and oxygen atoms in total. The van der Waals surface area contributed by atoms with Crippen LogP contribution in [0.3, 0.4) is 0 Å². The second kappa shape index (κ2) is 8.17. The number of carbonyl (C=O) groups excluding carboxylic acids is 1. The number of hydrogen-bond acceptors (Lipinski definition) is 5. The molecule has 0 saturated heterocycles. The van der Waals surface area contributed by atoms with Crippen molar-refractivity contribution in [2.75, 3.05) is 7.11 Å². The van der Waals surface area contributed by atoms with Gasteiger partial charge in [0, 0.05) is 6.04 Å². The Labute approximate surface area is 135 Å². The molecule has 2 rings (SSSR count). The van der Waals surface area contributed by atoms with Gasteiger partial charge in [-0.05, 0) is 25.5 Å². The van der Waals surface area contributed by atoms with E-state index < -0.39 is 0 Å². The smallest absolute Gasteiger partial charge is 0.242 e. The van der Waals surface area contributed by atoms with Crippen LogP contribution in [-0.2, 0) is 17.9 Å². The lowest BCUT2D eigenvalue weighted by molar-refractivity contribution is -0.122. The number of hydrogen-bond donors (Lipinski definition) is 1. The average Bonchev–Trinajstić information content (AvgIpc) is 3.00. The summed E-state index contributed by atoms with van der Waals surface area (Å²) in [5.41, 5.74) is 0.646. The van der Waals surface area contributed by atoms with Gasteiger partial charge in [0.05, 0.1) is 13.3 Å². The van der Waals surface area contributed by atoms with E-state index in [0.29, 0.717) is 17.2 Å². The van der Waals surface area contributed by atoms with Crippen LogP contribution in [0.4, 0.5) is 0 Å². The first-order chi connectivity index (χ1) is 11.1. The first-order valence-electron chi connectivity index (χ1n) is 7.56. The van der Waals surface area contributed by atoms with Crippen LogP contribution in [0.5, 0.6) is 11.5 Å². The Bertz CT molecular complexity index is 642. The zero-order valence-electron chi connectivity index (χ0n) is 13.7. The van der Waals surface area contributed by atoms with E-state index >= 15 is 0 Å². The molecule has 7 heteroatoms. The lowest BCUT2D eigenvalue weighted by Gasteiger charge is -2.10. The number of methoxy groups -OCH3 is 1. The standard InChI is InChI=1S/C16H22N4O3/c1-4-12(2)17-16(21)10-20-9-13(18-19-20)11-23-15-8-6-5-7-14(15)22-3/h5-9,12H,4,10-11H2,1-3H3,(H,17,21)/t12-/m0/s1. The third-order valence-corrected chi connectivity index (χ3v) is 3.36. The second-order valence-corrected chi connectivity index (χ2v) is 5.22. The first kappa shape index (κ1) is 16.8. The van der Waals surface area contributed by atoms with Crippen LogP contribution >= 0.6 is 0 Å². The molecule has 1 amide bonds. The largest absolute Gasteiger partial charge is 0.493 e. The fourth-order valence-electron chi connectivity index (χ4n) is 1.94. The van der Waals surface area contributed by atoms with Crippen LogP contribution in [-0.4, -0.2) is 34.1 Å². The van der Waals surface area contributed by atoms with Crippen molar-refractivity contribution >= 4 is 5.91 Å². The molecule has 0 unspecified atom stereocenters. The monoisotopic (exact) mass is 318 g/mol. The molecule has 0 aliphatic heterocycles. The number of rotatable bonds is 8. The molecule has 1 N–H and O–H groups in total. The lowest BCUT2D eigenvalue weighted by atomic mass is 10.2. The second-order valence-electron chi connectivity index (χ2n) is 5.22. The number of para-hydroxylation sites is 2. The normalized spacial score (nSPS) is 11.8. The van der Waals surface area contributed by atoms with Gasteiger partial charge in [-0.25, -0.2) is 4.68 Å². The molecule has 1 atom stereocenters. The van der Waals surface area contributed by atoms with Gasteiger partial charge < -0.3 is 14.8 Å². The quantitative estimate of drug-likeness (QED) is 0.802. The predicted octanol–water partition coefficient (Wildman–Crippen LogP) is 1.78. The number of amides is 1. The number of nitrogens with zero attached hydrogens (tertiary/aromatic N) is 3. The van der Waals surface area contributed by atoms with E-state index in [1.165, 1.54) is 4.68 Å². The van der Waals surface area contributed by atoms with Crippen molar-refractivity contribution in [2.45, 2.75) is 39.5 Å². The highest BCUT2D eigenvalue weighted by molar-refractivity contribution is 5.75. The van der Waals surface area contributed by atoms with Gasteiger partial charge in [-0.3, -0.25) is 4.79 Å². The zero-order valence-corrected chi connectivity index (χ0v) is 13.7. The van der Waals surface area contributed by atoms with Crippen LogP contribution in [0, 0.1) is 0 Å². The Morgan fingerprint density at radius 2 is 2.09 bits per heavy atom. The molecule has 0 bridgehead atoms. The molecule has 1 aromatic heterocycles. The Morgan fingerprint density at radius 1 is 1.35 bits per heavy atom. The Morgan fingerprint density at radius 3 is 2.78 bits per heavy atom. The molecular formula is C16H22N4O3. The first-order valence-corrected chi connectivity index (χ1v) is 7.56. The molecular weight excluding hydrogens is 296 g/mol. The van der Waals surface area contributed by atoms with Crippen LogP contribution in [0.25, 0.3) is 0 Å². The fourth-order valence-corrected chi connectivity index (χ4v) is 1.94. The van der Waals surface area contributed by atoms with E-state index in [9.17, 15) is 4.79 Å². The van der Waals surface area contributed by atoms with Crippen molar-refractivity contribution in [3.05, 3.63) is 36.2 Å². The van der Waals surface area contributed by atoms with Crippen molar-refractivity contribution in [1.29, 1.82) is 0 Å². The van der Waals surface area contributed by atoms with Crippen molar-refractivity contribution in [3.8, 4) is 11.5 Å². The van der Waals surface area contributed by atoms with Gasteiger partial charge >= 0.3 is 0 Å². The van der Waals surface area contributed by atoms with Gasteiger partial charge in [0.15, 0.2) is 11.5 Å². The van der Waals surface area contributed by atoms with Gasteiger partial charge in [-0.1, -0.05) is 24.3 Å². The maximum Gasteiger partial charge on any atom is 0.242 e. The number of benzene rings is 1. The van der Waals surface area contributed by atoms with Crippen molar-refractivity contribution in [1.82, 2.24) is 20.3 Å². The highest BCUT2D eigenvalue weighted by atomic mass is 16.5. The summed E-state index contributed by atoms with van der Waals surface area (Å²) in [7, 11) is 1.59. The predicted molar refractivity (Wildman–Crippen MR) is 85.2 cm³/mol. The molecule has 124 valence electrons. The summed E-state index contributed by atoms with van der Waals surface area (Å²) in [6.07, 6.45) is 2.59. The molecule has 0 radical (unpaired) electrons. The Hall–Kier alpha value is -2.57. The van der Waals surface area contributed by atoms with Gasteiger partial charge in [0.2, 0.25) is 5.91 Å². The summed E-state index contributed by atoms with van der Waals surface area (Å²) < 4.78 is 12.4. The summed E-state index contributed by atoms with van der Waals surface area (Å²) in [6, 6.07) is 7.54. The molecule has 1 heterocycles. The Balaban J connectivity index is 1.88. The van der Waals surface area contributed by atoms with Gasteiger partial charge in [0.1, 0.15) is 18.8 Å². The topological polar surface area (TPSA) is 78.3 Å². The zero-order chi connectivity index (χ0) is 16.7. The maximum absolute atomic E-state index is 11.8. The fraction of sp³-hybridized carbons (Fsp3) is 0.438. The lowest BCUT2D eigenvalue weighted by Crippen LogP contribution is -2.34. The van der Waals surface area contributed by atoms with E-state index in [1.54, 1.807) is 13.3 Å². The number of ether oxygens (including phenoxy) is 2. The van der Waals surface area contributed by atoms with Crippen molar-refractivity contribution in [2.24, 2.45) is 0 Å². The van der Waals surface area contributed by atoms with E-state index in [0.717, 1.165) is 6.42 Å². The summed E-state index contributed by atoms with van der Waals surface area (Å²) in [6.45, 7) is 4.39. The molecule has 0 fully saturated rings. The van der Waals surface area contributed by atoms with Crippen LogP contribution < -0.4 is 14.8 Å². The minimum atomic E-state index is -0.0820. The number of carbonyl (C=O) groups is 1. The highest BCUT2D eigenvalue weighted by Crippen LogP contribution is 2.26. The average molecular weight is 318 g/mol. The maximum atomic E-state index is 11.8. The van der Waals surface area contributed by atoms with E-state index in [-0.39, 0.29) is 25.1 Å². The van der Waals surface area contributed by atoms with Crippen LogP contribution in [0.15, 0.2) is 30.5 Å². The SMILES string of the molecule is CC[C@H](C)NC(=O)Cn1cc(COc2ccccc2OC)nn1. The molecule has 0 spiro atoms. The molecule has 0 aliphatic rings. The number of aromatic nitrogens is 3. The third-order valence-electron chi connectivity index (χ3n) is 3.36. The van der Waals surface area contributed by atoms with Crippen LogP contribution in [0.1, 0.15) is 26.0 Å². The summed E-state index contributed by atoms with van der Waals surface area (Å²) in [5.74, 6) is 1.22. The minimum Gasteiger partial charge on any atom is -0.493 e. The molecule has 0 aliphatic carbocycles. The van der Waals surface area contributed by atoms with E-state index in [2.05, 4.69) is 15.6 Å². The molecule has 0 saturated carbocycles. The van der Waals surface area contributed by atoms with E-state index in [1.807, 2.05) is 38.1 Å². The van der Waals surface area contributed by atoms with E-state index in [4.69, 9.17) is 9.47 Å². The third kappa shape index (κ3) is 4.98. The van der Waals surface area contributed by atoms with Crippen molar-refractivity contribution in [3.63, 3.8) is 0 Å². The van der Waals surface area contributed by atoms with Gasteiger partial charge in [-0.15, -0.1) is 5.10 Å². The minimum absolute atomic E-state index is 0.0820. The Kier molecular flexibility index (Phi) is 5.96. The molecule has 23 heavy (non-hydrogen) atoms. The van der Waals surface area contributed by atoms with Crippen molar-refractivity contribution < 1.29 is 14.3 Å². The highest BCUT2D eigenvalue weighted by Gasteiger charge is 2.09. The molecule has 2 aromatic rings. The number of nitrogens with one attached hydrogen (secondary N) is 1.